The molecule has 0 bridgehead atoms. The maximum atomic E-state index is 9.75. The highest BCUT2D eigenvalue weighted by Gasteiger charge is 2.32. The quantitative estimate of drug-likeness (QED) is 0.480. The first-order valence-corrected chi connectivity index (χ1v) is 7.37. The van der Waals surface area contributed by atoms with Crippen LogP contribution in [0.3, 0.4) is 0 Å². The van der Waals surface area contributed by atoms with Gasteiger partial charge in [-0.3, -0.25) is 0 Å². The zero-order chi connectivity index (χ0) is 14.0. The smallest absolute Gasteiger partial charge is 0.0897 e. The predicted octanol–water partition coefficient (Wildman–Crippen LogP) is 0.543. The lowest BCUT2D eigenvalue weighted by Gasteiger charge is -2.27. The molecule has 1 rings (SSSR count). The number of nitrogens with one attached hydrogen (secondary N) is 1. The molecule has 0 radical (unpaired) electrons. The van der Waals surface area contributed by atoms with Gasteiger partial charge in [0.05, 0.1) is 25.9 Å². The molecule has 0 aromatic heterocycles. The van der Waals surface area contributed by atoms with E-state index in [-0.39, 0.29) is 12.0 Å². The Kier molecular flexibility index (Phi) is 8.57. The molecule has 0 spiro atoms. The summed E-state index contributed by atoms with van der Waals surface area (Å²) in [5.74, 6) is 0. The first-order valence-electron chi connectivity index (χ1n) is 7.37. The summed E-state index contributed by atoms with van der Waals surface area (Å²) in [6.45, 7) is 5.58. The van der Waals surface area contributed by atoms with Gasteiger partial charge in [0.15, 0.2) is 0 Å². The van der Waals surface area contributed by atoms with Gasteiger partial charge in [0.1, 0.15) is 0 Å². The molecule has 1 unspecified atom stereocenters. The fourth-order valence-electron chi connectivity index (χ4n) is 2.56. The van der Waals surface area contributed by atoms with Crippen LogP contribution in [-0.4, -0.2) is 62.4 Å². The van der Waals surface area contributed by atoms with Gasteiger partial charge in [0.25, 0.3) is 0 Å². The van der Waals surface area contributed by atoms with Gasteiger partial charge in [-0.25, -0.2) is 0 Å². The molecule has 3 N–H and O–H groups in total. The Balaban J connectivity index is 2.01. The maximum absolute atomic E-state index is 9.75. The van der Waals surface area contributed by atoms with E-state index < -0.39 is 6.10 Å². The van der Waals surface area contributed by atoms with E-state index in [4.69, 9.17) is 9.47 Å². The average molecular weight is 275 g/mol. The van der Waals surface area contributed by atoms with Crippen molar-refractivity contribution in [2.24, 2.45) is 5.41 Å². The molecule has 0 aliphatic heterocycles. The number of aliphatic hydroxyl groups is 2. The van der Waals surface area contributed by atoms with Gasteiger partial charge in [-0.2, -0.15) is 0 Å². The molecule has 1 saturated carbocycles. The minimum atomic E-state index is -0.501. The molecule has 1 atom stereocenters. The highest BCUT2D eigenvalue weighted by molar-refractivity contribution is 4.86. The van der Waals surface area contributed by atoms with E-state index in [1.807, 2.05) is 6.92 Å². The first kappa shape index (κ1) is 16.9. The second-order valence-corrected chi connectivity index (χ2v) is 5.42. The van der Waals surface area contributed by atoms with Crippen LogP contribution in [0.15, 0.2) is 0 Å². The molecule has 5 nitrogen and oxygen atoms in total. The second kappa shape index (κ2) is 9.66. The van der Waals surface area contributed by atoms with E-state index >= 15 is 0 Å². The van der Waals surface area contributed by atoms with Gasteiger partial charge >= 0.3 is 0 Å². The van der Waals surface area contributed by atoms with Crippen molar-refractivity contribution in [3.05, 3.63) is 0 Å². The Morgan fingerprint density at radius 2 is 1.89 bits per heavy atom. The van der Waals surface area contributed by atoms with Gasteiger partial charge in [-0.1, -0.05) is 12.8 Å². The maximum Gasteiger partial charge on any atom is 0.0897 e. The SMILES string of the molecule is CCOCCOCC(O)CNCC1(CO)CCCC1. The summed E-state index contributed by atoms with van der Waals surface area (Å²) >= 11 is 0. The van der Waals surface area contributed by atoms with Crippen molar-refractivity contribution in [1.29, 1.82) is 0 Å². The van der Waals surface area contributed by atoms with Gasteiger partial charge in [0, 0.05) is 31.7 Å². The highest BCUT2D eigenvalue weighted by atomic mass is 16.5. The van der Waals surface area contributed by atoms with Crippen LogP contribution in [0.4, 0.5) is 0 Å². The van der Waals surface area contributed by atoms with Crippen molar-refractivity contribution in [2.75, 3.05) is 46.1 Å². The zero-order valence-electron chi connectivity index (χ0n) is 12.1. The molecule has 0 amide bonds. The van der Waals surface area contributed by atoms with Crippen molar-refractivity contribution in [3.8, 4) is 0 Å². The molecule has 0 saturated heterocycles. The summed E-state index contributed by atoms with van der Waals surface area (Å²) in [5, 5.41) is 22.5. The Morgan fingerprint density at radius 3 is 2.53 bits per heavy atom. The molecule has 0 heterocycles. The van der Waals surface area contributed by atoms with Crippen LogP contribution in [0, 0.1) is 5.41 Å². The summed E-state index contributed by atoms with van der Waals surface area (Å²) in [5.41, 5.74) is 0.0372. The van der Waals surface area contributed by atoms with E-state index in [9.17, 15) is 10.2 Å². The van der Waals surface area contributed by atoms with Gasteiger partial charge < -0.3 is 25.0 Å². The van der Waals surface area contributed by atoms with Crippen LogP contribution < -0.4 is 5.32 Å². The number of rotatable bonds is 11. The van der Waals surface area contributed by atoms with Crippen LogP contribution in [0.5, 0.6) is 0 Å². The number of ether oxygens (including phenoxy) is 2. The van der Waals surface area contributed by atoms with E-state index in [2.05, 4.69) is 5.32 Å². The normalized spacial score (nSPS) is 19.7. The summed E-state index contributed by atoms with van der Waals surface area (Å²) in [4.78, 5) is 0. The Hall–Kier alpha value is -0.200. The van der Waals surface area contributed by atoms with Crippen LogP contribution in [0.1, 0.15) is 32.6 Å². The van der Waals surface area contributed by atoms with Crippen LogP contribution in [-0.2, 0) is 9.47 Å². The first-order chi connectivity index (χ1) is 9.22. The molecular formula is C14H29NO4. The fraction of sp³-hybridized carbons (Fsp3) is 1.00. The Morgan fingerprint density at radius 1 is 1.21 bits per heavy atom. The van der Waals surface area contributed by atoms with Crippen LogP contribution in [0.25, 0.3) is 0 Å². The minimum absolute atomic E-state index is 0.0372. The molecule has 114 valence electrons. The lowest BCUT2D eigenvalue weighted by Crippen LogP contribution is -2.39. The molecule has 0 aromatic rings. The second-order valence-electron chi connectivity index (χ2n) is 5.42. The molecule has 1 aliphatic rings. The van der Waals surface area contributed by atoms with Crippen molar-refractivity contribution in [2.45, 2.75) is 38.7 Å². The van der Waals surface area contributed by atoms with E-state index in [0.29, 0.717) is 33.0 Å². The molecular weight excluding hydrogens is 246 g/mol. The minimum Gasteiger partial charge on any atom is -0.396 e. The van der Waals surface area contributed by atoms with E-state index in [1.165, 1.54) is 12.8 Å². The average Bonchev–Trinajstić information content (AvgIpc) is 2.88. The molecule has 5 heteroatoms. The van der Waals surface area contributed by atoms with Gasteiger partial charge in [-0.05, 0) is 19.8 Å². The van der Waals surface area contributed by atoms with Gasteiger partial charge in [0.2, 0.25) is 0 Å². The largest absolute Gasteiger partial charge is 0.396 e. The van der Waals surface area contributed by atoms with E-state index in [1.54, 1.807) is 0 Å². The predicted molar refractivity (Wildman–Crippen MR) is 74.2 cm³/mol. The summed E-state index contributed by atoms with van der Waals surface area (Å²) in [6, 6.07) is 0. The summed E-state index contributed by atoms with van der Waals surface area (Å²) in [6.07, 6.45) is 4.06. The van der Waals surface area contributed by atoms with Crippen molar-refractivity contribution >= 4 is 0 Å². The topological polar surface area (TPSA) is 71.0 Å². The lowest BCUT2D eigenvalue weighted by molar-refractivity contribution is 0.00515. The number of hydrogen-bond acceptors (Lipinski definition) is 5. The number of hydrogen-bond donors (Lipinski definition) is 3. The summed E-state index contributed by atoms with van der Waals surface area (Å²) < 4.78 is 10.4. The van der Waals surface area contributed by atoms with Crippen molar-refractivity contribution in [1.82, 2.24) is 5.32 Å². The lowest BCUT2D eigenvalue weighted by atomic mass is 9.87. The molecule has 1 aliphatic carbocycles. The van der Waals surface area contributed by atoms with Crippen LogP contribution >= 0.6 is 0 Å². The molecule has 0 aromatic carbocycles. The Labute approximate surface area is 116 Å². The van der Waals surface area contributed by atoms with Crippen LogP contribution in [0.2, 0.25) is 0 Å². The zero-order valence-corrected chi connectivity index (χ0v) is 12.1. The molecule has 19 heavy (non-hydrogen) atoms. The van der Waals surface area contributed by atoms with Crippen molar-refractivity contribution < 1.29 is 19.7 Å². The third-order valence-electron chi connectivity index (χ3n) is 3.77. The number of aliphatic hydroxyl groups excluding tert-OH is 2. The monoisotopic (exact) mass is 275 g/mol. The third kappa shape index (κ3) is 6.68. The highest BCUT2D eigenvalue weighted by Crippen LogP contribution is 2.36. The Bertz CT molecular complexity index is 219. The third-order valence-corrected chi connectivity index (χ3v) is 3.77. The molecule has 1 fully saturated rings. The van der Waals surface area contributed by atoms with Gasteiger partial charge in [-0.15, -0.1) is 0 Å². The standard InChI is InChI=1S/C14H29NO4/c1-2-18-7-8-19-10-13(17)9-15-11-14(12-16)5-3-4-6-14/h13,15-17H,2-12H2,1H3. The fourth-order valence-corrected chi connectivity index (χ4v) is 2.56. The summed E-state index contributed by atoms with van der Waals surface area (Å²) in [7, 11) is 0. The van der Waals surface area contributed by atoms with Crippen molar-refractivity contribution in [3.63, 3.8) is 0 Å². The van der Waals surface area contributed by atoms with E-state index in [0.717, 1.165) is 19.4 Å².